The molecule has 0 bridgehead atoms. The number of carboxylic acids is 1. The highest BCUT2D eigenvalue weighted by atomic mass is 16.6. The van der Waals surface area contributed by atoms with Gasteiger partial charge in [-0.25, -0.2) is 4.79 Å². The van der Waals surface area contributed by atoms with Gasteiger partial charge in [-0.3, -0.25) is 10.1 Å². The van der Waals surface area contributed by atoms with E-state index in [2.05, 4.69) is 5.16 Å². The maximum absolute atomic E-state index is 10.9. The zero-order valence-corrected chi connectivity index (χ0v) is 10.4. The van der Waals surface area contributed by atoms with Crippen molar-refractivity contribution in [3.63, 3.8) is 0 Å². The summed E-state index contributed by atoms with van der Waals surface area (Å²) in [5, 5.41) is 23.0. The van der Waals surface area contributed by atoms with E-state index in [1.807, 2.05) is 0 Å². The van der Waals surface area contributed by atoms with Crippen molar-refractivity contribution in [2.24, 2.45) is 0 Å². The number of aromatic nitrogens is 1. The largest absolute Gasteiger partial charge is 0.488 e. The van der Waals surface area contributed by atoms with Gasteiger partial charge >= 0.3 is 5.97 Å². The van der Waals surface area contributed by atoms with Crippen LogP contribution in [0.25, 0.3) is 0 Å². The second-order valence-electron chi connectivity index (χ2n) is 3.91. The number of carbonyl (C=O) groups is 1. The molecule has 1 heterocycles. The van der Waals surface area contributed by atoms with Gasteiger partial charge in [0.05, 0.1) is 16.6 Å². The van der Waals surface area contributed by atoms with Crippen LogP contribution in [0.1, 0.15) is 21.8 Å². The van der Waals surface area contributed by atoms with E-state index < -0.39 is 10.9 Å². The Kier molecular flexibility index (Phi) is 3.65. The molecule has 8 nitrogen and oxygen atoms in total. The van der Waals surface area contributed by atoms with E-state index in [-0.39, 0.29) is 23.7 Å². The molecule has 0 aliphatic carbocycles. The van der Waals surface area contributed by atoms with Gasteiger partial charge in [0.15, 0.2) is 5.69 Å². The van der Waals surface area contributed by atoms with Crippen LogP contribution in [0.3, 0.4) is 0 Å². The average molecular weight is 278 g/mol. The second-order valence-corrected chi connectivity index (χ2v) is 3.91. The lowest BCUT2D eigenvalue weighted by Crippen LogP contribution is -2.05. The summed E-state index contributed by atoms with van der Waals surface area (Å²) in [5.41, 5.74) is -0.0417. The van der Waals surface area contributed by atoms with Crippen LogP contribution in [0.2, 0.25) is 0 Å². The molecule has 0 fully saturated rings. The molecular formula is C12H10N2O6. The van der Waals surface area contributed by atoms with Gasteiger partial charge in [0.2, 0.25) is 0 Å². The van der Waals surface area contributed by atoms with Crippen molar-refractivity contribution in [1.29, 1.82) is 0 Å². The highest BCUT2D eigenvalue weighted by Gasteiger charge is 2.19. The van der Waals surface area contributed by atoms with Crippen molar-refractivity contribution in [1.82, 2.24) is 5.16 Å². The minimum Gasteiger partial charge on any atom is -0.488 e. The first-order valence-electron chi connectivity index (χ1n) is 5.54. The molecule has 1 N–H and O–H groups in total. The highest BCUT2D eigenvalue weighted by Crippen LogP contribution is 2.22. The predicted octanol–water partition coefficient (Wildman–Crippen LogP) is 2.17. The molecular weight excluding hydrogens is 268 g/mol. The Morgan fingerprint density at radius 1 is 1.55 bits per heavy atom. The number of hydrogen-bond donors (Lipinski definition) is 1. The van der Waals surface area contributed by atoms with Gasteiger partial charge < -0.3 is 14.4 Å². The van der Waals surface area contributed by atoms with Crippen LogP contribution in [0.15, 0.2) is 28.8 Å². The third-order valence-corrected chi connectivity index (χ3v) is 2.60. The van der Waals surface area contributed by atoms with E-state index in [9.17, 15) is 14.9 Å². The fraction of sp³-hybridized carbons (Fsp3) is 0.167. The summed E-state index contributed by atoms with van der Waals surface area (Å²) in [4.78, 5) is 21.0. The van der Waals surface area contributed by atoms with E-state index in [0.29, 0.717) is 11.3 Å². The Balaban J connectivity index is 2.17. The van der Waals surface area contributed by atoms with Gasteiger partial charge in [-0.15, -0.1) is 0 Å². The number of aryl methyl sites for hydroxylation is 1. The van der Waals surface area contributed by atoms with Gasteiger partial charge in [-0.2, -0.15) is 0 Å². The van der Waals surface area contributed by atoms with Crippen molar-refractivity contribution in [3.8, 4) is 5.75 Å². The van der Waals surface area contributed by atoms with E-state index in [4.69, 9.17) is 14.4 Å². The number of benzene rings is 1. The SMILES string of the molecule is Cc1onc(C(=O)O)c1COc1cccc([N+](=O)[O-])c1. The summed E-state index contributed by atoms with van der Waals surface area (Å²) < 4.78 is 10.1. The molecule has 0 saturated carbocycles. The molecule has 0 aliphatic heterocycles. The molecule has 0 unspecified atom stereocenters. The molecule has 0 aliphatic rings. The average Bonchev–Trinajstić information content (AvgIpc) is 2.78. The molecule has 8 heteroatoms. The number of ether oxygens (including phenoxy) is 1. The Labute approximate surface area is 112 Å². The Bertz CT molecular complexity index is 664. The van der Waals surface area contributed by atoms with Gasteiger partial charge in [-0.05, 0) is 13.0 Å². The normalized spacial score (nSPS) is 10.2. The van der Waals surface area contributed by atoms with Crippen molar-refractivity contribution in [2.45, 2.75) is 13.5 Å². The molecule has 0 atom stereocenters. The number of nitro benzene ring substituents is 1. The lowest BCUT2D eigenvalue weighted by atomic mass is 10.2. The minimum atomic E-state index is -1.22. The van der Waals surface area contributed by atoms with Crippen molar-refractivity contribution in [3.05, 3.63) is 51.4 Å². The van der Waals surface area contributed by atoms with Gasteiger partial charge in [-0.1, -0.05) is 11.2 Å². The molecule has 1 aromatic carbocycles. The first kappa shape index (κ1) is 13.5. The molecule has 104 valence electrons. The first-order valence-corrected chi connectivity index (χ1v) is 5.54. The monoisotopic (exact) mass is 278 g/mol. The zero-order chi connectivity index (χ0) is 14.7. The molecule has 0 spiro atoms. The summed E-state index contributed by atoms with van der Waals surface area (Å²) in [6, 6.07) is 5.60. The van der Waals surface area contributed by atoms with Crippen molar-refractivity contribution in [2.75, 3.05) is 0 Å². The van der Waals surface area contributed by atoms with Crippen LogP contribution >= 0.6 is 0 Å². The Hall–Kier alpha value is -2.90. The number of aromatic carboxylic acids is 1. The highest BCUT2D eigenvalue weighted by molar-refractivity contribution is 5.87. The summed E-state index contributed by atoms with van der Waals surface area (Å²) in [6.07, 6.45) is 0. The number of rotatable bonds is 5. The van der Waals surface area contributed by atoms with Crippen LogP contribution < -0.4 is 4.74 Å². The standard InChI is InChI=1S/C12H10N2O6/c1-7-10(11(12(15)16)13-20-7)6-19-9-4-2-3-8(5-9)14(17)18/h2-5H,6H2,1H3,(H,15,16). The van der Waals surface area contributed by atoms with Crippen LogP contribution in [0.5, 0.6) is 5.75 Å². The molecule has 1 aromatic heterocycles. The van der Waals surface area contributed by atoms with Gasteiger partial charge in [0.1, 0.15) is 18.1 Å². The third-order valence-electron chi connectivity index (χ3n) is 2.60. The third kappa shape index (κ3) is 2.74. The maximum atomic E-state index is 10.9. The Morgan fingerprint density at radius 2 is 2.30 bits per heavy atom. The molecule has 2 aromatic rings. The lowest BCUT2D eigenvalue weighted by molar-refractivity contribution is -0.384. The first-order chi connectivity index (χ1) is 9.49. The van der Waals surface area contributed by atoms with Crippen LogP contribution in [0, 0.1) is 17.0 Å². The summed E-state index contributed by atoms with van der Waals surface area (Å²) in [6.45, 7) is 1.46. The molecule has 0 amide bonds. The molecule has 20 heavy (non-hydrogen) atoms. The van der Waals surface area contributed by atoms with Gasteiger partial charge in [0, 0.05) is 6.07 Å². The van der Waals surface area contributed by atoms with Crippen LogP contribution in [0.4, 0.5) is 5.69 Å². The number of nitro groups is 1. The van der Waals surface area contributed by atoms with Crippen molar-refractivity contribution < 1.29 is 24.1 Å². The van der Waals surface area contributed by atoms with Crippen molar-refractivity contribution >= 4 is 11.7 Å². The summed E-state index contributed by atoms with van der Waals surface area (Å²) in [7, 11) is 0. The predicted molar refractivity (Wildman–Crippen MR) is 65.6 cm³/mol. The summed E-state index contributed by atoms with van der Waals surface area (Å²) in [5.74, 6) is -0.636. The number of hydrogen-bond acceptors (Lipinski definition) is 6. The lowest BCUT2D eigenvalue weighted by Gasteiger charge is -2.05. The fourth-order valence-corrected chi connectivity index (χ4v) is 1.57. The van der Waals surface area contributed by atoms with E-state index in [0.717, 1.165) is 0 Å². The Morgan fingerprint density at radius 3 is 2.95 bits per heavy atom. The maximum Gasteiger partial charge on any atom is 0.358 e. The number of non-ortho nitro benzene ring substituents is 1. The fourth-order valence-electron chi connectivity index (χ4n) is 1.57. The molecule has 0 radical (unpaired) electrons. The second kappa shape index (κ2) is 5.39. The van der Waals surface area contributed by atoms with Crippen LogP contribution in [-0.4, -0.2) is 21.2 Å². The minimum absolute atomic E-state index is 0.0991. The van der Waals surface area contributed by atoms with E-state index >= 15 is 0 Å². The van der Waals surface area contributed by atoms with E-state index in [1.54, 1.807) is 6.92 Å². The topological polar surface area (TPSA) is 116 Å². The van der Waals surface area contributed by atoms with E-state index in [1.165, 1.54) is 24.3 Å². The number of nitrogens with zero attached hydrogens (tertiary/aromatic N) is 2. The van der Waals surface area contributed by atoms with Gasteiger partial charge in [0.25, 0.3) is 5.69 Å². The zero-order valence-electron chi connectivity index (χ0n) is 10.4. The quantitative estimate of drug-likeness (QED) is 0.658. The smallest absolute Gasteiger partial charge is 0.358 e. The molecule has 0 saturated heterocycles. The molecule has 2 rings (SSSR count). The van der Waals surface area contributed by atoms with Crippen LogP contribution in [-0.2, 0) is 6.61 Å². The number of carboxylic acid groups (broad SMARTS) is 1. The summed E-state index contributed by atoms with van der Waals surface area (Å²) >= 11 is 0.